The van der Waals surface area contributed by atoms with Crippen LogP contribution in [0.2, 0.25) is 0 Å². The molecule has 3 fully saturated rings. The van der Waals surface area contributed by atoms with E-state index in [9.17, 15) is 0 Å². The van der Waals surface area contributed by atoms with Crippen LogP contribution in [0.4, 0.5) is 0 Å². The van der Waals surface area contributed by atoms with Crippen molar-refractivity contribution >= 4 is 0 Å². The minimum atomic E-state index is 0.383. The van der Waals surface area contributed by atoms with E-state index in [4.69, 9.17) is 0 Å². The summed E-state index contributed by atoms with van der Waals surface area (Å²) in [5, 5.41) is 0. The molecule has 0 aromatic carbocycles. The zero-order valence-electron chi connectivity index (χ0n) is 20.5. The van der Waals surface area contributed by atoms with Gasteiger partial charge in [0.2, 0.25) is 0 Å². The Labute approximate surface area is 187 Å². The summed E-state index contributed by atoms with van der Waals surface area (Å²) >= 11 is 0. The quantitative estimate of drug-likeness (QED) is 0.410. The molecule has 0 spiro atoms. The maximum Gasteiger partial charge on any atom is -0.00673 e. The van der Waals surface area contributed by atoms with E-state index in [1.54, 1.807) is 11.1 Å². The van der Waals surface area contributed by atoms with Crippen LogP contribution in [0.3, 0.4) is 0 Å². The molecule has 168 valence electrons. The molecule has 0 heterocycles. The molecule has 0 aromatic rings. The largest absolute Gasteiger partial charge is 0.0952 e. The van der Waals surface area contributed by atoms with Crippen molar-refractivity contribution in [3.63, 3.8) is 0 Å². The van der Waals surface area contributed by atoms with E-state index >= 15 is 0 Å². The molecule has 0 aromatic heterocycles. The van der Waals surface area contributed by atoms with Crippen molar-refractivity contribution in [1.82, 2.24) is 0 Å². The van der Waals surface area contributed by atoms with Gasteiger partial charge in [0, 0.05) is 0 Å². The lowest BCUT2D eigenvalue weighted by molar-refractivity contribution is 0.0691. The van der Waals surface area contributed by atoms with Crippen molar-refractivity contribution in [3.05, 3.63) is 35.5 Å². The van der Waals surface area contributed by atoms with E-state index in [0.717, 1.165) is 41.9 Å². The molecule has 3 saturated carbocycles. The van der Waals surface area contributed by atoms with Gasteiger partial charge in [0.25, 0.3) is 0 Å². The highest BCUT2D eigenvalue weighted by Crippen LogP contribution is 2.55. The number of rotatable bonds is 6. The van der Waals surface area contributed by atoms with Gasteiger partial charge in [-0.1, -0.05) is 71.3 Å². The molecule has 2 bridgehead atoms. The first-order valence-electron chi connectivity index (χ1n) is 13.4. The number of allylic oxidation sites excluding steroid dienone is 5. The van der Waals surface area contributed by atoms with Gasteiger partial charge < -0.3 is 0 Å². The van der Waals surface area contributed by atoms with Crippen molar-refractivity contribution in [2.45, 2.75) is 111 Å². The van der Waals surface area contributed by atoms with E-state index in [-0.39, 0.29) is 0 Å². The minimum Gasteiger partial charge on any atom is -0.0952 e. The lowest BCUT2D eigenvalue weighted by atomic mass is 9.56. The van der Waals surface area contributed by atoms with Gasteiger partial charge in [0.1, 0.15) is 0 Å². The maximum atomic E-state index is 4.53. The van der Waals surface area contributed by atoms with Gasteiger partial charge in [-0.05, 0) is 116 Å². The van der Waals surface area contributed by atoms with Crippen LogP contribution in [-0.2, 0) is 0 Å². The van der Waals surface area contributed by atoms with Crippen molar-refractivity contribution in [1.29, 1.82) is 0 Å². The van der Waals surface area contributed by atoms with Gasteiger partial charge in [-0.25, -0.2) is 0 Å². The molecule has 5 unspecified atom stereocenters. The van der Waals surface area contributed by atoms with Crippen molar-refractivity contribution < 1.29 is 0 Å². The molecule has 0 radical (unpaired) electrons. The third-order valence-corrected chi connectivity index (χ3v) is 9.29. The van der Waals surface area contributed by atoms with Crippen molar-refractivity contribution in [2.24, 2.45) is 40.9 Å². The predicted molar refractivity (Wildman–Crippen MR) is 131 cm³/mol. The van der Waals surface area contributed by atoms with Gasteiger partial charge in [-0.15, -0.1) is 0 Å². The summed E-state index contributed by atoms with van der Waals surface area (Å²) in [6.45, 7) is 14.6. The third-order valence-electron chi connectivity index (χ3n) is 9.29. The topological polar surface area (TPSA) is 0 Å². The van der Waals surface area contributed by atoms with Gasteiger partial charge in [0.05, 0.1) is 0 Å². The second-order valence-corrected chi connectivity index (χ2v) is 12.7. The van der Waals surface area contributed by atoms with Gasteiger partial charge in [-0.3, -0.25) is 0 Å². The average molecular weight is 409 g/mol. The Bertz CT molecular complexity index is 658. The molecule has 5 atom stereocenters. The Morgan fingerprint density at radius 2 is 1.77 bits per heavy atom. The summed E-state index contributed by atoms with van der Waals surface area (Å²) < 4.78 is 0. The Morgan fingerprint density at radius 3 is 2.47 bits per heavy atom. The smallest absolute Gasteiger partial charge is 0.00673 e. The monoisotopic (exact) mass is 408 g/mol. The summed E-state index contributed by atoms with van der Waals surface area (Å²) in [6.07, 6.45) is 23.4. The Morgan fingerprint density at radius 1 is 1.03 bits per heavy atom. The summed E-state index contributed by atoms with van der Waals surface area (Å²) in [5.41, 5.74) is 5.05. The molecule has 0 heteroatoms. The van der Waals surface area contributed by atoms with Crippen LogP contribution in [0.25, 0.3) is 0 Å². The lowest BCUT2D eigenvalue weighted by Crippen LogP contribution is -2.37. The van der Waals surface area contributed by atoms with Gasteiger partial charge in [-0.2, -0.15) is 0 Å². The standard InChI is InChI=1S/C30H48/c1-21-7-6-8-26(13-21)14-22(2)9-11-25-12-10-24(4)29(18-25)30(5)19-27-15-23(3)16-28(17-27)20-30/h12,18,21-23,26-28H,4,6-11,13-17,19-20H2,1-3,5H3. The van der Waals surface area contributed by atoms with Crippen LogP contribution in [0, 0.1) is 40.9 Å². The minimum absolute atomic E-state index is 0.383. The highest BCUT2D eigenvalue weighted by molar-refractivity contribution is 5.45. The second-order valence-electron chi connectivity index (χ2n) is 12.7. The van der Waals surface area contributed by atoms with Gasteiger partial charge >= 0.3 is 0 Å². The number of hydrogen-bond donors (Lipinski definition) is 0. The molecule has 4 aliphatic carbocycles. The Balaban J connectivity index is 1.35. The molecule has 0 nitrogen and oxygen atoms in total. The highest BCUT2D eigenvalue weighted by Gasteiger charge is 2.43. The van der Waals surface area contributed by atoms with Crippen molar-refractivity contribution in [2.75, 3.05) is 0 Å². The molecule has 4 aliphatic rings. The lowest BCUT2D eigenvalue weighted by Gasteiger charge is -2.49. The van der Waals surface area contributed by atoms with E-state index in [1.165, 1.54) is 82.6 Å². The van der Waals surface area contributed by atoms with E-state index in [1.807, 2.05) is 0 Å². The SMILES string of the molecule is C=C1CC=C(CCC(C)CC2CCCC(C)C2)C=C1C1(C)CC2CC(C)CC(C2)C1. The number of hydrogen-bond acceptors (Lipinski definition) is 0. The maximum absolute atomic E-state index is 4.53. The fraction of sp³-hybridized carbons (Fsp3) is 0.800. The first-order valence-corrected chi connectivity index (χ1v) is 13.4. The van der Waals surface area contributed by atoms with Crippen LogP contribution >= 0.6 is 0 Å². The third kappa shape index (κ3) is 5.34. The first-order chi connectivity index (χ1) is 14.3. The van der Waals surface area contributed by atoms with Crippen LogP contribution in [-0.4, -0.2) is 0 Å². The predicted octanol–water partition coefficient (Wildman–Crippen LogP) is 9.28. The molecule has 0 N–H and O–H groups in total. The summed E-state index contributed by atoms with van der Waals surface area (Å²) in [7, 11) is 0. The second kappa shape index (κ2) is 9.38. The van der Waals surface area contributed by atoms with Crippen LogP contribution in [0.5, 0.6) is 0 Å². The van der Waals surface area contributed by atoms with E-state index < -0.39 is 0 Å². The van der Waals surface area contributed by atoms with Crippen LogP contribution in [0.15, 0.2) is 35.5 Å². The summed E-state index contributed by atoms with van der Waals surface area (Å²) in [5.74, 6) is 5.70. The summed E-state index contributed by atoms with van der Waals surface area (Å²) in [4.78, 5) is 0. The molecule has 0 aliphatic heterocycles. The Kier molecular flexibility index (Phi) is 7.01. The van der Waals surface area contributed by atoms with Crippen LogP contribution < -0.4 is 0 Å². The highest BCUT2D eigenvalue weighted by atomic mass is 14.5. The molecular formula is C30H48. The van der Waals surface area contributed by atoms with E-state index in [2.05, 4.69) is 46.4 Å². The first kappa shape index (κ1) is 22.4. The normalized spacial score (nSPS) is 40.5. The van der Waals surface area contributed by atoms with E-state index in [0.29, 0.717) is 5.41 Å². The molecule has 0 saturated heterocycles. The van der Waals surface area contributed by atoms with Crippen LogP contribution in [0.1, 0.15) is 111 Å². The molecule has 30 heavy (non-hydrogen) atoms. The van der Waals surface area contributed by atoms with Crippen molar-refractivity contribution in [3.8, 4) is 0 Å². The average Bonchev–Trinajstić information content (AvgIpc) is 2.66. The zero-order chi connectivity index (χ0) is 21.3. The zero-order valence-corrected chi connectivity index (χ0v) is 20.5. The number of fused-ring (bicyclic) bond motifs is 2. The molecular weight excluding hydrogens is 360 g/mol. The fourth-order valence-corrected chi connectivity index (χ4v) is 8.17. The summed E-state index contributed by atoms with van der Waals surface area (Å²) in [6, 6.07) is 0. The molecule has 4 rings (SSSR count). The van der Waals surface area contributed by atoms with Gasteiger partial charge in [0.15, 0.2) is 0 Å². The fourth-order valence-electron chi connectivity index (χ4n) is 8.17. The Hall–Kier alpha value is -0.780. The molecule has 0 amide bonds.